The van der Waals surface area contributed by atoms with E-state index in [9.17, 15) is 36.6 Å². The maximum absolute atomic E-state index is 12.7. The van der Waals surface area contributed by atoms with E-state index in [0.717, 1.165) is 11.1 Å². The Labute approximate surface area is 278 Å². The maximum atomic E-state index is 12.7. The third kappa shape index (κ3) is 10.2. The molecule has 258 valence electrons. The summed E-state index contributed by atoms with van der Waals surface area (Å²) >= 11 is 0.708. The van der Waals surface area contributed by atoms with Gasteiger partial charge in [0.25, 0.3) is 10.0 Å². The van der Waals surface area contributed by atoms with Crippen molar-refractivity contribution in [3.05, 3.63) is 71.3 Å². The quantitative estimate of drug-likeness (QED) is 0.178. The van der Waals surface area contributed by atoms with E-state index in [1.807, 2.05) is 20.8 Å². The van der Waals surface area contributed by atoms with Gasteiger partial charge in [-0.15, -0.1) is 11.3 Å². The number of fused-ring (bicyclic) bond motifs is 1. The van der Waals surface area contributed by atoms with Crippen LogP contribution in [0.5, 0.6) is 11.5 Å². The third-order valence-electron chi connectivity index (χ3n) is 6.85. The number of hydrogen-bond donors (Lipinski definition) is 4. The molecule has 0 amide bonds. The van der Waals surface area contributed by atoms with E-state index in [1.165, 1.54) is 10.4 Å². The van der Waals surface area contributed by atoms with Crippen LogP contribution in [0.2, 0.25) is 0 Å². The van der Waals surface area contributed by atoms with Gasteiger partial charge in [0.1, 0.15) is 19.9 Å². The molecule has 3 aromatic rings. The number of carboxylic acids is 2. The zero-order valence-corrected chi connectivity index (χ0v) is 28.7. The lowest BCUT2D eigenvalue weighted by Gasteiger charge is -2.32. The van der Waals surface area contributed by atoms with Crippen LogP contribution in [0.25, 0.3) is 0 Å². The summed E-state index contributed by atoms with van der Waals surface area (Å²) < 4.78 is 65.5. The third-order valence-corrected chi connectivity index (χ3v) is 11.8. The number of likely N-dealkylation sites (N-methyl/N-ethyl adjacent to an activating group) is 1. The van der Waals surface area contributed by atoms with Crippen molar-refractivity contribution in [2.24, 2.45) is 5.14 Å². The highest BCUT2D eigenvalue weighted by atomic mass is 32.3. The van der Waals surface area contributed by atoms with Crippen molar-refractivity contribution in [1.82, 2.24) is 9.62 Å². The highest BCUT2D eigenvalue weighted by Gasteiger charge is 2.40. The molecule has 47 heavy (non-hydrogen) atoms. The second-order valence-corrected chi connectivity index (χ2v) is 15.5. The minimum absolute atomic E-state index is 0.0520. The average Bonchev–Trinajstić information content (AvgIpc) is 3.48. The molecule has 3 atom stereocenters. The largest absolute Gasteiger partial charge is 0.478 e. The Balaban J connectivity index is 0.000000256. The van der Waals surface area contributed by atoms with Gasteiger partial charge in [-0.3, -0.25) is 0 Å². The van der Waals surface area contributed by atoms with E-state index in [0.29, 0.717) is 43.0 Å². The van der Waals surface area contributed by atoms with Crippen LogP contribution in [-0.4, -0.2) is 88.9 Å². The predicted octanol–water partition coefficient (Wildman–Crippen LogP) is 2.75. The Kier molecular flexibility index (Phi) is 13.3. The number of nitrogens with two attached hydrogens (primary N) is 1. The molecule has 1 aliphatic rings. The number of rotatable bonds is 14. The molecule has 4 rings (SSSR count). The van der Waals surface area contributed by atoms with Gasteiger partial charge in [0.15, 0.2) is 0 Å². The van der Waals surface area contributed by atoms with Gasteiger partial charge in [0, 0.05) is 38.4 Å². The van der Waals surface area contributed by atoms with Crippen molar-refractivity contribution in [3.63, 3.8) is 0 Å². The molecule has 1 aromatic heterocycles. The Morgan fingerprint density at radius 2 is 1.49 bits per heavy atom. The number of primary sulfonamides is 1. The number of nitrogens with one attached hydrogen (secondary N) is 1. The molecule has 0 saturated heterocycles. The van der Waals surface area contributed by atoms with Gasteiger partial charge in [0.2, 0.25) is 22.2 Å². The second-order valence-electron chi connectivity index (χ2n) is 10.6. The van der Waals surface area contributed by atoms with Gasteiger partial charge in [-0.05, 0) is 57.1 Å². The van der Waals surface area contributed by atoms with Crippen LogP contribution in [0.1, 0.15) is 36.1 Å². The number of nitrogens with zero attached hydrogens (tertiary/aromatic N) is 1. The Morgan fingerprint density at radius 1 is 1.00 bits per heavy atom. The van der Waals surface area contributed by atoms with Crippen LogP contribution < -0.4 is 19.9 Å². The number of ether oxygens (including phenoxy) is 3. The normalized spacial score (nSPS) is 17.0. The Morgan fingerprint density at radius 3 is 1.89 bits per heavy atom. The molecular formula is C30H39N3O11S3. The summed E-state index contributed by atoms with van der Waals surface area (Å²) in [7, 11) is -6.10. The zero-order chi connectivity index (χ0) is 34.9. The minimum Gasteiger partial charge on any atom is -0.478 e. The SMILES string of the molecule is CCN[C@H]1CN(CCCOC)S(=O)(=O)c2sc(S(N)(=O)=O)cc21.Cc1ccc(O[C@H](C(=O)O)[C@H](Oc2ccc(C)cc2)C(=O)O)cc1. The van der Waals surface area contributed by atoms with Crippen molar-refractivity contribution in [2.75, 3.05) is 33.4 Å². The molecule has 0 aliphatic carbocycles. The van der Waals surface area contributed by atoms with Crippen LogP contribution in [0.3, 0.4) is 0 Å². The van der Waals surface area contributed by atoms with Gasteiger partial charge in [-0.1, -0.05) is 42.3 Å². The first-order chi connectivity index (χ1) is 22.1. The predicted molar refractivity (Wildman–Crippen MR) is 174 cm³/mol. The summed E-state index contributed by atoms with van der Waals surface area (Å²) in [6.07, 6.45) is -2.81. The minimum atomic E-state index is -3.94. The fourth-order valence-corrected chi connectivity index (χ4v) is 8.80. The van der Waals surface area contributed by atoms with E-state index in [-0.39, 0.29) is 32.5 Å². The number of benzene rings is 2. The van der Waals surface area contributed by atoms with Gasteiger partial charge in [0.05, 0.1) is 0 Å². The lowest BCUT2D eigenvalue weighted by molar-refractivity contribution is -0.161. The highest BCUT2D eigenvalue weighted by Crippen LogP contribution is 2.39. The zero-order valence-electron chi connectivity index (χ0n) is 26.3. The molecule has 1 aliphatic heterocycles. The Hall–Kier alpha value is -3.58. The fraction of sp³-hybridized carbons (Fsp3) is 0.400. The number of sulfonamides is 2. The number of carboxylic acid groups (broad SMARTS) is 2. The first-order valence-corrected chi connectivity index (χ1v) is 18.2. The number of methoxy groups -OCH3 is 1. The van der Waals surface area contributed by atoms with Gasteiger partial charge >= 0.3 is 11.9 Å². The summed E-state index contributed by atoms with van der Waals surface area (Å²) in [5.74, 6) is -2.33. The van der Waals surface area contributed by atoms with Crippen molar-refractivity contribution in [2.45, 2.75) is 53.9 Å². The lowest BCUT2D eigenvalue weighted by Crippen LogP contribution is -2.47. The van der Waals surface area contributed by atoms with E-state index >= 15 is 0 Å². The molecule has 5 N–H and O–H groups in total. The molecule has 0 saturated carbocycles. The lowest BCUT2D eigenvalue weighted by atomic mass is 10.1. The summed E-state index contributed by atoms with van der Waals surface area (Å²) in [6, 6.07) is 14.4. The second kappa shape index (κ2) is 16.5. The van der Waals surface area contributed by atoms with Crippen LogP contribution in [-0.2, 0) is 34.4 Å². The number of aliphatic carboxylic acids is 2. The van der Waals surface area contributed by atoms with Crippen molar-refractivity contribution < 1.29 is 50.8 Å². The maximum Gasteiger partial charge on any atom is 0.349 e. The van der Waals surface area contributed by atoms with Gasteiger partial charge < -0.3 is 29.7 Å². The smallest absolute Gasteiger partial charge is 0.349 e. The fourth-order valence-electron chi connectivity index (χ4n) is 4.50. The van der Waals surface area contributed by atoms with Crippen LogP contribution in [0, 0.1) is 13.8 Å². The standard InChI is InChI=1S/C18H18O6.C12H21N3O5S3/c1-11-3-7-13(8-4-11)23-15(17(19)20)16(18(21)22)24-14-9-5-12(2)6-10-14;1-3-14-10-8-15(5-4-6-20-2)23(18,19)12-9(10)7-11(21-12)22(13,16)17/h3-10,15-16H,1-2H3,(H,19,20)(H,21,22);7,10,14H,3-6,8H2,1-2H3,(H2,13,16,17)/t15-,16-;10-/m00/s1. The molecule has 0 unspecified atom stereocenters. The first-order valence-electron chi connectivity index (χ1n) is 14.4. The number of thiophene rings is 1. The molecule has 17 heteroatoms. The molecule has 0 spiro atoms. The van der Waals surface area contributed by atoms with E-state index in [2.05, 4.69) is 5.32 Å². The van der Waals surface area contributed by atoms with Gasteiger partial charge in [-0.2, -0.15) is 4.31 Å². The molecule has 0 fully saturated rings. The average molecular weight is 714 g/mol. The van der Waals surface area contributed by atoms with Crippen molar-refractivity contribution in [3.8, 4) is 11.5 Å². The molecule has 0 bridgehead atoms. The Bertz CT molecular complexity index is 1660. The summed E-state index contributed by atoms with van der Waals surface area (Å²) in [5.41, 5.74) is 2.42. The monoisotopic (exact) mass is 713 g/mol. The molecular weight excluding hydrogens is 675 g/mol. The summed E-state index contributed by atoms with van der Waals surface area (Å²) in [6.45, 7) is 7.32. The van der Waals surface area contributed by atoms with E-state index < -0.39 is 44.2 Å². The highest BCUT2D eigenvalue weighted by molar-refractivity contribution is 7.94. The summed E-state index contributed by atoms with van der Waals surface area (Å²) in [5, 5.41) is 27.1. The molecule has 2 aromatic carbocycles. The van der Waals surface area contributed by atoms with Crippen molar-refractivity contribution in [1.29, 1.82) is 0 Å². The number of aryl methyl sites for hydroxylation is 2. The topological polar surface area (TPSA) is 212 Å². The van der Waals surface area contributed by atoms with Gasteiger partial charge in [-0.25, -0.2) is 31.6 Å². The van der Waals surface area contributed by atoms with Crippen LogP contribution in [0.4, 0.5) is 0 Å². The summed E-state index contributed by atoms with van der Waals surface area (Å²) in [4.78, 5) is 23.0. The van der Waals surface area contributed by atoms with Crippen LogP contribution in [0.15, 0.2) is 63.0 Å². The first kappa shape index (κ1) is 37.9. The van der Waals surface area contributed by atoms with E-state index in [1.54, 1.807) is 55.6 Å². The molecule has 2 heterocycles. The number of carbonyl (C=O) groups is 2. The van der Waals surface area contributed by atoms with Crippen LogP contribution >= 0.6 is 11.3 Å². The number of hydrogen-bond acceptors (Lipinski definition) is 11. The molecule has 14 nitrogen and oxygen atoms in total. The van der Waals surface area contributed by atoms with E-state index in [4.69, 9.17) is 19.3 Å². The van der Waals surface area contributed by atoms with Crippen molar-refractivity contribution >= 4 is 43.3 Å². The molecule has 0 radical (unpaired) electrons.